The lowest BCUT2D eigenvalue weighted by molar-refractivity contribution is -0.142. The van der Waals surface area contributed by atoms with Crippen molar-refractivity contribution in [2.45, 2.75) is 65.0 Å². The van der Waals surface area contributed by atoms with Gasteiger partial charge in [0.2, 0.25) is 0 Å². The average Bonchev–Trinajstić information content (AvgIpc) is 2.77. The van der Waals surface area contributed by atoms with Gasteiger partial charge in [0.05, 0.1) is 12.6 Å². The molecule has 128 valence electrons. The van der Waals surface area contributed by atoms with Crippen LogP contribution in [0.3, 0.4) is 0 Å². The fraction of sp³-hybridized carbons (Fsp3) is 0.867. The number of nitrogens with zero attached hydrogens (tertiary/aromatic N) is 1. The zero-order valence-electron chi connectivity index (χ0n) is 14.3. The third-order valence-corrected chi connectivity index (χ3v) is 3.40. The monoisotopic (exact) mass is 316 g/mol. The molecular weight excluding hydrogens is 288 g/mol. The van der Waals surface area contributed by atoms with Crippen LogP contribution < -0.4 is 5.32 Å². The Morgan fingerprint density at radius 2 is 1.91 bits per heavy atom. The summed E-state index contributed by atoms with van der Waals surface area (Å²) < 4.78 is 11.2. The van der Waals surface area contributed by atoms with E-state index in [1.807, 2.05) is 13.8 Å². The van der Waals surface area contributed by atoms with Gasteiger partial charge in [0.1, 0.15) is 17.9 Å². The number of carboxylic acid groups (broad SMARTS) is 1. The molecule has 22 heavy (non-hydrogen) atoms. The lowest BCUT2D eigenvalue weighted by atomic mass is 10.1. The number of nitrogens with one attached hydrogen (secondary N) is 1. The minimum absolute atomic E-state index is 0.182. The van der Waals surface area contributed by atoms with Crippen LogP contribution in [0.2, 0.25) is 0 Å². The van der Waals surface area contributed by atoms with Gasteiger partial charge in [-0.3, -0.25) is 10.2 Å². The topological polar surface area (TPSA) is 88.1 Å². The summed E-state index contributed by atoms with van der Waals surface area (Å²) in [5.74, 6) is -0.800. The number of amides is 1. The summed E-state index contributed by atoms with van der Waals surface area (Å²) in [6, 6.07) is -0.912. The number of aliphatic carboxylic acids is 1. The number of hydrogen-bond acceptors (Lipinski definition) is 5. The van der Waals surface area contributed by atoms with Crippen molar-refractivity contribution in [3.05, 3.63) is 0 Å². The van der Waals surface area contributed by atoms with Crippen molar-refractivity contribution in [2.24, 2.45) is 5.92 Å². The van der Waals surface area contributed by atoms with E-state index in [-0.39, 0.29) is 31.2 Å². The van der Waals surface area contributed by atoms with Crippen LogP contribution in [0.25, 0.3) is 0 Å². The molecule has 1 aliphatic heterocycles. The van der Waals surface area contributed by atoms with Gasteiger partial charge in [-0.15, -0.1) is 0 Å². The van der Waals surface area contributed by atoms with Gasteiger partial charge in [0.15, 0.2) is 0 Å². The van der Waals surface area contributed by atoms with Crippen LogP contribution in [-0.2, 0) is 14.3 Å². The number of carbonyl (C=O) groups is 2. The number of likely N-dealkylation sites (tertiary alicyclic amines) is 1. The molecule has 0 aliphatic carbocycles. The van der Waals surface area contributed by atoms with Crippen LogP contribution in [0.1, 0.15) is 41.0 Å². The zero-order chi connectivity index (χ0) is 17.1. The van der Waals surface area contributed by atoms with Gasteiger partial charge in [-0.25, -0.2) is 9.59 Å². The fourth-order valence-electron chi connectivity index (χ4n) is 2.42. The van der Waals surface area contributed by atoms with E-state index in [9.17, 15) is 14.7 Å². The van der Waals surface area contributed by atoms with Crippen molar-refractivity contribution in [3.63, 3.8) is 0 Å². The predicted molar refractivity (Wildman–Crippen MR) is 81.5 cm³/mol. The zero-order valence-corrected chi connectivity index (χ0v) is 14.3. The molecule has 1 unspecified atom stereocenters. The first-order valence-electron chi connectivity index (χ1n) is 7.60. The number of ether oxygens (including phenoxy) is 2. The molecule has 0 aromatic rings. The highest BCUT2D eigenvalue weighted by atomic mass is 16.6. The molecule has 0 bridgehead atoms. The lowest BCUT2D eigenvalue weighted by Crippen LogP contribution is -2.43. The van der Waals surface area contributed by atoms with E-state index >= 15 is 0 Å². The number of carboxylic acids is 1. The first-order valence-corrected chi connectivity index (χ1v) is 7.60. The normalized spacial score (nSPS) is 23.7. The van der Waals surface area contributed by atoms with Gasteiger partial charge in [-0.05, 0) is 33.7 Å². The Labute approximate surface area is 131 Å². The minimum Gasteiger partial charge on any atom is -0.480 e. The maximum Gasteiger partial charge on any atom is 0.411 e. The quantitative estimate of drug-likeness (QED) is 0.750. The number of carbonyl (C=O) groups excluding carboxylic acids is 1. The van der Waals surface area contributed by atoms with Crippen molar-refractivity contribution in [1.29, 1.82) is 0 Å². The summed E-state index contributed by atoms with van der Waals surface area (Å²) in [6.07, 6.45) is -0.859. The van der Waals surface area contributed by atoms with Gasteiger partial charge in [0.25, 0.3) is 0 Å². The van der Waals surface area contributed by atoms with E-state index in [1.54, 1.807) is 27.8 Å². The molecule has 7 heteroatoms. The summed E-state index contributed by atoms with van der Waals surface area (Å²) in [6.45, 7) is 9.49. The number of hydrogen-bond donors (Lipinski definition) is 2. The lowest BCUT2D eigenvalue weighted by Gasteiger charge is -2.27. The highest BCUT2D eigenvalue weighted by Crippen LogP contribution is 2.25. The molecule has 1 saturated heterocycles. The molecule has 1 fully saturated rings. The molecule has 0 aromatic carbocycles. The van der Waals surface area contributed by atoms with E-state index in [0.29, 0.717) is 0 Å². The second kappa shape index (κ2) is 7.28. The van der Waals surface area contributed by atoms with Crippen molar-refractivity contribution in [1.82, 2.24) is 10.2 Å². The van der Waals surface area contributed by atoms with Crippen LogP contribution in [0.15, 0.2) is 0 Å². The molecule has 1 amide bonds. The highest BCUT2D eigenvalue weighted by molar-refractivity contribution is 5.81. The molecule has 1 rings (SSSR count). The molecule has 2 N–H and O–H groups in total. The Balaban J connectivity index is 2.77. The predicted octanol–water partition coefficient (Wildman–Crippen LogP) is 1.67. The molecule has 1 aliphatic rings. The third kappa shape index (κ3) is 5.14. The van der Waals surface area contributed by atoms with Crippen molar-refractivity contribution < 1.29 is 24.2 Å². The standard InChI is InChI=1S/C15H28N2O5/c1-9(2)12(16-6)21-10-7-11(13(18)19)17(8-10)14(20)22-15(3,4)5/h9-12,16H,7-8H2,1-6H3,(H,18,19)/t10-,11+,12?/m1/s1. The van der Waals surface area contributed by atoms with E-state index in [4.69, 9.17) is 9.47 Å². The molecule has 1 heterocycles. The van der Waals surface area contributed by atoms with Crippen molar-refractivity contribution in [3.8, 4) is 0 Å². The summed E-state index contributed by atoms with van der Waals surface area (Å²) in [7, 11) is 1.79. The first kappa shape index (κ1) is 18.7. The second-order valence-corrected chi connectivity index (χ2v) is 6.93. The second-order valence-electron chi connectivity index (χ2n) is 6.93. The Kier molecular flexibility index (Phi) is 6.19. The van der Waals surface area contributed by atoms with Crippen LogP contribution in [0, 0.1) is 5.92 Å². The van der Waals surface area contributed by atoms with Gasteiger partial charge in [-0.1, -0.05) is 13.8 Å². The fourth-order valence-corrected chi connectivity index (χ4v) is 2.42. The Bertz CT molecular complexity index is 405. The Hall–Kier alpha value is -1.34. The average molecular weight is 316 g/mol. The smallest absolute Gasteiger partial charge is 0.411 e. The van der Waals surface area contributed by atoms with Gasteiger partial charge in [-0.2, -0.15) is 0 Å². The highest BCUT2D eigenvalue weighted by Gasteiger charge is 2.42. The summed E-state index contributed by atoms with van der Waals surface area (Å²) in [5, 5.41) is 12.4. The van der Waals surface area contributed by atoms with Crippen LogP contribution in [0.5, 0.6) is 0 Å². The molecule has 0 spiro atoms. The Morgan fingerprint density at radius 3 is 2.32 bits per heavy atom. The molecule has 0 saturated carbocycles. The summed E-state index contributed by atoms with van der Waals surface area (Å²) >= 11 is 0. The summed E-state index contributed by atoms with van der Waals surface area (Å²) in [4.78, 5) is 24.8. The minimum atomic E-state index is -1.04. The third-order valence-electron chi connectivity index (χ3n) is 3.40. The molecule has 3 atom stereocenters. The van der Waals surface area contributed by atoms with Crippen LogP contribution in [-0.4, -0.2) is 59.6 Å². The van der Waals surface area contributed by atoms with Gasteiger partial charge in [0, 0.05) is 6.42 Å². The number of rotatable bonds is 5. The maximum absolute atomic E-state index is 12.2. The maximum atomic E-state index is 12.2. The van der Waals surface area contributed by atoms with E-state index in [2.05, 4.69) is 5.32 Å². The Morgan fingerprint density at radius 1 is 1.32 bits per heavy atom. The van der Waals surface area contributed by atoms with Crippen LogP contribution >= 0.6 is 0 Å². The van der Waals surface area contributed by atoms with Gasteiger partial charge >= 0.3 is 12.1 Å². The summed E-state index contributed by atoms with van der Waals surface area (Å²) in [5.41, 5.74) is -0.662. The van der Waals surface area contributed by atoms with Gasteiger partial charge < -0.3 is 14.6 Å². The first-order chi connectivity index (χ1) is 10.0. The van der Waals surface area contributed by atoms with E-state index in [0.717, 1.165) is 0 Å². The molecular formula is C15H28N2O5. The van der Waals surface area contributed by atoms with E-state index < -0.39 is 23.7 Å². The van der Waals surface area contributed by atoms with E-state index in [1.165, 1.54) is 4.90 Å². The largest absolute Gasteiger partial charge is 0.480 e. The molecule has 0 radical (unpaired) electrons. The van der Waals surface area contributed by atoms with Crippen LogP contribution in [0.4, 0.5) is 4.79 Å². The van der Waals surface area contributed by atoms with Crippen molar-refractivity contribution >= 4 is 12.1 Å². The molecule has 7 nitrogen and oxygen atoms in total. The SMILES string of the molecule is CNC(O[C@@H]1C[C@@H](C(=O)O)N(C(=O)OC(C)(C)C)C1)C(C)C. The van der Waals surface area contributed by atoms with Crippen molar-refractivity contribution in [2.75, 3.05) is 13.6 Å². The molecule has 0 aromatic heterocycles.